The van der Waals surface area contributed by atoms with E-state index in [1.54, 1.807) is 0 Å². The van der Waals surface area contributed by atoms with Crippen molar-refractivity contribution in [2.45, 2.75) is 19.8 Å². The van der Waals surface area contributed by atoms with Crippen LogP contribution in [-0.2, 0) is 6.42 Å². The Morgan fingerprint density at radius 1 is 1.22 bits per heavy atom. The van der Waals surface area contributed by atoms with Gasteiger partial charge in [0.25, 0.3) is 0 Å². The number of fused-ring (bicyclic) bond motifs is 1. The molecule has 4 nitrogen and oxygen atoms in total. The SMILES string of the molecule is Cc1cc(-c2ccc3c(c2)CCCO3)nnc1N. The lowest BCUT2D eigenvalue weighted by Gasteiger charge is -2.17. The van der Waals surface area contributed by atoms with Gasteiger partial charge in [0, 0.05) is 5.56 Å². The molecule has 18 heavy (non-hydrogen) atoms. The second kappa shape index (κ2) is 4.29. The molecule has 4 heteroatoms. The monoisotopic (exact) mass is 241 g/mol. The van der Waals surface area contributed by atoms with Crippen LogP contribution in [0.4, 0.5) is 5.82 Å². The zero-order valence-corrected chi connectivity index (χ0v) is 10.3. The molecule has 0 saturated heterocycles. The third-order valence-corrected chi connectivity index (χ3v) is 3.23. The Balaban J connectivity index is 2.03. The van der Waals surface area contributed by atoms with Crippen molar-refractivity contribution in [3.05, 3.63) is 35.4 Å². The first-order valence-electron chi connectivity index (χ1n) is 6.10. The second-order valence-electron chi connectivity index (χ2n) is 4.57. The quantitative estimate of drug-likeness (QED) is 0.832. The van der Waals surface area contributed by atoms with Crippen LogP contribution in [0.2, 0.25) is 0 Å². The van der Waals surface area contributed by atoms with Gasteiger partial charge < -0.3 is 10.5 Å². The average molecular weight is 241 g/mol. The lowest BCUT2D eigenvalue weighted by molar-refractivity contribution is 0.288. The van der Waals surface area contributed by atoms with Crippen LogP contribution < -0.4 is 10.5 Å². The van der Waals surface area contributed by atoms with Crippen molar-refractivity contribution < 1.29 is 4.74 Å². The first-order valence-corrected chi connectivity index (χ1v) is 6.10. The Morgan fingerprint density at radius 2 is 2.11 bits per heavy atom. The summed E-state index contributed by atoms with van der Waals surface area (Å²) in [5.74, 6) is 1.48. The van der Waals surface area contributed by atoms with Crippen molar-refractivity contribution in [1.29, 1.82) is 0 Å². The molecule has 0 bridgehead atoms. The van der Waals surface area contributed by atoms with E-state index in [1.165, 1.54) is 5.56 Å². The number of rotatable bonds is 1. The maximum Gasteiger partial charge on any atom is 0.149 e. The van der Waals surface area contributed by atoms with E-state index in [9.17, 15) is 0 Å². The number of benzene rings is 1. The van der Waals surface area contributed by atoms with Crippen molar-refractivity contribution in [3.8, 4) is 17.0 Å². The minimum atomic E-state index is 0.486. The molecule has 0 atom stereocenters. The summed E-state index contributed by atoms with van der Waals surface area (Å²) >= 11 is 0. The highest BCUT2D eigenvalue weighted by molar-refractivity contribution is 5.63. The average Bonchev–Trinajstić information content (AvgIpc) is 2.41. The summed E-state index contributed by atoms with van der Waals surface area (Å²) in [4.78, 5) is 0. The molecule has 0 fully saturated rings. The van der Waals surface area contributed by atoms with Crippen LogP contribution >= 0.6 is 0 Å². The van der Waals surface area contributed by atoms with Gasteiger partial charge in [-0.25, -0.2) is 0 Å². The van der Waals surface area contributed by atoms with E-state index in [1.807, 2.05) is 25.1 Å². The van der Waals surface area contributed by atoms with Crippen LogP contribution in [0.15, 0.2) is 24.3 Å². The number of nitrogen functional groups attached to an aromatic ring is 1. The summed E-state index contributed by atoms with van der Waals surface area (Å²) < 4.78 is 5.60. The summed E-state index contributed by atoms with van der Waals surface area (Å²) in [6.07, 6.45) is 2.13. The molecule has 92 valence electrons. The number of nitrogens with zero attached hydrogens (tertiary/aromatic N) is 2. The molecule has 1 aliphatic heterocycles. The van der Waals surface area contributed by atoms with Crippen LogP contribution in [0.1, 0.15) is 17.5 Å². The smallest absolute Gasteiger partial charge is 0.149 e. The third kappa shape index (κ3) is 1.90. The fraction of sp³-hybridized carbons (Fsp3) is 0.286. The molecular weight excluding hydrogens is 226 g/mol. The topological polar surface area (TPSA) is 61.0 Å². The summed E-state index contributed by atoms with van der Waals surface area (Å²) in [5.41, 5.74) is 9.80. The molecule has 0 aliphatic carbocycles. The standard InChI is InChI=1S/C14H15N3O/c1-9-7-12(16-17-14(9)15)10-4-5-13-11(8-10)3-2-6-18-13/h4-5,7-8H,2-3,6H2,1H3,(H2,15,17). The fourth-order valence-electron chi connectivity index (χ4n) is 2.16. The van der Waals surface area contributed by atoms with E-state index < -0.39 is 0 Å². The van der Waals surface area contributed by atoms with Crippen LogP contribution in [0.25, 0.3) is 11.3 Å². The number of hydrogen-bond donors (Lipinski definition) is 1. The molecule has 1 aromatic heterocycles. The highest BCUT2D eigenvalue weighted by Gasteiger charge is 2.12. The van der Waals surface area contributed by atoms with E-state index in [2.05, 4.69) is 16.3 Å². The van der Waals surface area contributed by atoms with Gasteiger partial charge in [-0.1, -0.05) is 0 Å². The Bertz CT molecular complexity index is 596. The van der Waals surface area contributed by atoms with Crippen molar-refractivity contribution in [2.24, 2.45) is 0 Å². The molecule has 1 aromatic carbocycles. The molecule has 3 rings (SSSR count). The van der Waals surface area contributed by atoms with Crippen molar-refractivity contribution >= 4 is 5.82 Å². The van der Waals surface area contributed by atoms with E-state index in [0.29, 0.717) is 5.82 Å². The Hall–Kier alpha value is -2.10. The maximum atomic E-state index is 5.68. The molecule has 0 amide bonds. The largest absolute Gasteiger partial charge is 0.493 e. The Morgan fingerprint density at radius 3 is 2.94 bits per heavy atom. The zero-order valence-electron chi connectivity index (χ0n) is 10.3. The van der Waals surface area contributed by atoms with Crippen molar-refractivity contribution in [2.75, 3.05) is 12.3 Å². The molecule has 2 aromatic rings. The number of ether oxygens (including phenoxy) is 1. The molecular formula is C14H15N3O. The lowest BCUT2D eigenvalue weighted by Crippen LogP contribution is -2.08. The summed E-state index contributed by atoms with van der Waals surface area (Å²) in [7, 11) is 0. The van der Waals surface area contributed by atoms with Gasteiger partial charge in [0.05, 0.1) is 12.3 Å². The van der Waals surface area contributed by atoms with Gasteiger partial charge in [-0.05, 0) is 55.2 Å². The van der Waals surface area contributed by atoms with Gasteiger partial charge in [0.15, 0.2) is 0 Å². The van der Waals surface area contributed by atoms with Crippen LogP contribution in [0, 0.1) is 6.92 Å². The number of aromatic nitrogens is 2. The van der Waals surface area contributed by atoms with E-state index in [4.69, 9.17) is 10.5 Å². The van der Waals surface area contributed by atoms with E-state index in [0.717, 1.165) is 42.0 Å². The van der Waals surface area contributed by atoms with Gasteiger partial charge in [-0.15, -0.1) is 10.2 Å². The molecule has 0 spiro atoms. The molecule has 0 saturated carbocycles. The predicted molar refractivity (Wildman–Crippen MR) is 70.4 cm³/mol. The second-order valence-corrected chi connectivity index (χ2v) is 4.57. The van der Waals surface area contributed by atoms with Gasteiger partial charge in [0.1, 0.15) is 11.6 Å². The minimum absolute atomic E-state index is 0.486. The Labute approximate surface area is 106 Å². The first kappa shape index (κ1) is 11.0. The third-order valence-electron chi connectivity index (χ3n) is 3.23. The van der Waals surface area contributed by atoms with Crippen LogP contribution in [0.3, 0.4) is 0 Å². The first-order chi connectivity index (χ1) is 8.74. The summed E-state index contributed by atoms with van der Waals surface area (Å²) in [6.45, 7) is 2.75. The van der Waals surface area contributed by atoms with Crippen LogP contribution in [0.5, 0.6) is 5.75 Å². The van der Waals surface area contributed by atoms with Gasteiger partial charge >= 0.3 is 0 Å². The lowest BCUT2D eigenvalue weighted by atomic mass is 10.0. The number of hydrogen-bond acceptors (Lipinski definition) is 4. The fourth-order valence-corrected chi connectivity index (χ4v) is 2.16. The van der Waals surface area contributed by atoms with Gasteiger partial charge in [-0.2, -0.15) is 0 Å². The maximum absolute atomic E-state index is 5.68. The Kier molecular flexibility index (Phi) is 2.63. The number of anilines is 1. The molecule has 1 aliphatic rings. The van der Waals surface area contributed by atoms with Crippen molar-refractivity contribution in [1.82, 2.24) is 10.2 Å². The van der Waals surface area contributed by atoms with Crippen molar-refractivity contribution in [3.63, 3.8) is 0 Å². The number of nitrogens with two attached hydrogens (primary N) is 1. The minimum Gasteiger partial charge on any atom is -0.493 e. The number of aryl methyl sites for hydroxylation is 2. The molecule has 0 radical (unpaired) electrons. The van der Waals surface area contributed by atoms with Gasteiger partial charge in [0.2, 0.25) is 0 Å². The molecule has 2 N–H and O–H groups in total. The van der Waals surface area contributed by atoms with E-state index >= 15 is 0 Å². The predicted octanol–water partition coefficient (Wildman–Crippen LogP) is 2.36. The van der Waals surface area contributed by atoms with Gasteiger partial charge in [-0.3, -0.25) is 0 Å². The molecule has 0 unspecified atom stereocenters. The normalized spacial score (nSPS) is 13.8. The van der Waals surface area contributed by atoms with Crippen LogP contribution in [-0.4, -0.2) is 16.8 Å². The highest BCUT2D eigenvalue weighted by Crippen LogP contribution is 2.29. The summed E-state index contributed by atoms with van der Waals surface area (Å²) in [5, 5.41) is 8.11. The van der Waals surface area contributed by atoms with E-state index in [-0.39, 0.29) is 0 Å². The zero-order chi connectivity index (χ0) is 12.5. The molecule has 2 heterocycles. The summed E-state index contributed by atoms with van der Waals surface area (Å²) in [6, 6.07) is 8.13. The highest BCUT2D eigenvalue weighted by atomic mass is 16.5.